The molecular weight excluding hydrogens is 268 g/mol. The Morgan fingerprint density at radius 2 is 2.00 bits per heavy atom. The third-order valence-corrected chi connectivity index (χ3v) is 3.65. The number of rotatable bonds is 2. The summed E-state index contributed by atoms with van der Waals surface area (Å²) in [7, 11) is 0. The van der Waals surface area contributed by atoms with E-state index in [1.807, 2.05) is 24.3 Å². The molecule has 6 heteroatoms. The molecule has 0 spiro atoms. The van der Waals surface area contributed by atoms with Gasteiger partial charge in [0.25, 0.3) is 5.56 Å². The standard InChI is InChI=1S/C15H14N4O2/c20-15-9-8-21-6-5-10(9)16-14(19-15)7-13-17-11-3-1-2-4-12(11)18-13/h1-4H,5-8H2,(H,17,18)(H,16,19,20). The van der Waals surface area contributed by atoms with Crippen molar-refractivity contribution in [2.24, 2.45) is 0 Å². The van der Waals surface area contributed by atoms with Gasteiger partial charge in [0, 0.05) is 6.42 Å². The molecule has 0 atom stereocenters. The molecule has 0 amide bonds. The molecule has 2 N–H and O–H groups in total. The number of nitrogens with one attached hydrogen (secondary N) is 2. The van der Waals surface area contributed by atoms with E-state index in [9.17, 15) is 4.79 Å². The molecule has 2 aromatic heterocycles. The largest absolute Gasteiger partial charge is 0.376 e. The Morgan fingerprint density at radius 1 is 1.14 bits per heavy atom. The Hall–Kier alpha value is -2.47. The number of imidazole rings is 1. The minimum Gasteiger partial charge on any atom is -0.376 e. The molecule has 106 valence electrons. The van der Waals surface area contributed by atoms with Gasteiger partial charge in [0.2, 0.25) is 0 Å². The number of aromatic amines is 2. The molecule has 0 saturated heterocycles. The van der Waals surface area contributed by atoms with E-state index in [0.717, 1.165) is 22.6 Å². The number of H-pyrrole nitrogens is 2. The molecule has 0 saturated carbocycles. The first-order valence-electron chi connectivity index (χ1n) is 6.92. The topological polar surface area (TPSA) is 83.7 Å². The van der Waals surface area contributed by atoms with E-state index >= 15 is 0 Å². The molecule has 3 aromatic rings. The lowest BCUT2D eigenvalue weighted by atomic mass is 10.1. The first-order chi connectivity index (χ1) is 10.3. The Morgan fingerprint density at radius 3 is 2.90 bits per heavy atom. The van der Waals surface area contributed by atoms with Crippen molar-refractivity contribution in [3.63, 3.8) is 0 Å². The fraction of sp³-hybridized carbons (Fsp3) is 0.267. The van der Waals surface area contributed by atoms with Gasteiger partial charge in [-0.3, -0.25) is 4.79 Å². The highest BCUT2D eigenvalue weighted by molar-refractivity contribution is 5.74. The van der Waals surface area contributed by atoms with Gasteiger partial charge in [-0.1, -0.05) is 12.1 Å². The van der Waals surface area contributed by atoms with Gasteiger partial charge in [-0.25, -0.2) is 9.97 Å². The van der Waals surface area contributed by atoms with Crippen molar-refractivity contribution in [3.8, 4) is 0 Å². The minimum atomic E-state index is -0.106. The lowest BCUT2D eigenvalue weighted by molar-refractivity contribution is 0.108. The lowest BCUT2D eigenvalue weighted by Crippen LogP contribution is -2.25. The Kier molecular flexibility index (Phi) is 2.82. The average molecular weight is 282 g/mol. The number of aromatic nitrogens is 4. The highest BCUT2D eigenvalue weighted by Crippen LogP contribution is 2.14. The molecule has 6 nitrogen and oxygen atoms in total. The first kappa shape index (κ1) is 12.3. The lowest BCUT2D eigenvalue weighted by Gasteiger charge is -2.14. The molecule has 0 aliphatic carbocycles. The van der Waals surface area contributed by atoms with E-state index in [4.69, 9.17) is 4.74 Å². The third-order valence-electron chi connectivity index (χ3n) is 3.65. The van der Waals surface area contributed by atoms with Crippen LogP contribution in [0.15, 0.2) is 29.1 Å². The highest BCUT2D eigenvalue weighted by atomic mass is 16.5. The van der Waals surface area contributed by atoms with Gasteiger partial charge in [0.05, 0.1) is 41.9 Å². The second-order valence-corrected chi connectivity index (χ2v) is 5.12. The summed E-state index contributed by atoms with van der Waals surface area (Å²) in [6, 6.07) is 7.84. The summed E-state index contributed by atoms with van der Waals surface area (Å²) >= 11 is 0. The maximum Gasteiger partial charge on any atom is 0.256 e. The van der Waals surface area contributed by atoms with Gasteiger partial charge in [0.15, 0.2) is 0 Å². The van der Waals surface area contributed by atoms with Crippen LogP contribution >= 0.6 is 0 Å². The summed E-state index contributed by atoms with van der Waals surface area (Å²) in [6.45, 7) is 0.968. The SMILES string of the molecule is O=c1[nH]c(Cc2nc3ccccc3[nH]2)nc2c1COCC2. The predicted molar refractivity (Wildman–Crippen MR) is 77.1 cm³/mol. The zero-order chi connectivity index (χ0) is 14.2. The van der Waals surface area contributed by atoms with Crippen LogP contribution in [-0.2, 0) is 24.2 Å². The van der Waals surface area contributed by atoms with E-state index in [0.29, 0.717) is 37.4 Å². The van der Waals surface area contributed by atoms with Gasteiger partial charge in [-0.15, -0.1) is 0 Å². The van der Waals surface area contributed by atoms with E-state index in [-0.39, 0.29) is 5.56 Å². The zero-order valence-electron chi connectivity index (χ0n) is 11.3. The summed E-state index contributed by atoms with van der Waals surface area (Å²) in [5.74, 6) is 1.44. The van der Waals surface area contributed by atoms with Crippen LogP contribution < -0.4 is 5.56 Å². The predicted octanol–water partition coefficient (Wildman–Crippen LogP) is 1.31. The van der Waals surface area contributed by atoms with Gasteiger partial charge in [-0.05, 0) is 12.1 Å². The van der Waals surface area contributed by atoms with Crippen molar-refractivity contribution in [1.29, 1.82) is 0 Å². The molecule has 0 bridgehead atoms. The molecule has 0 radical (unpaired) electrons. The van der Waals surface area contributed by atoms with Crippen LogP contribution in [0.25, 0.3) is 11.0 Å². The number of hydrogen-bond donors (Lipinski definition) is 2. The highest BCUT2D eigenvalue weighted by Gasteiger charge is 2.16. The molecular formula is C15H14N4O2. The van der Waals surface area contributed by atoms with Gasteiger partial charge >= 0.3 is 0 Å². The molecule has 1 aromatic carbocycles. The Balaban J connectivity index is 1.70. The maximum atomic E-state index is 12.0. The van der Waals surface area contributed by atoms with Crippen LogP contribution in [0, 0.1) is 0 Å². The van der Waals surface area contributed by atoms with Crippen LogP contribution in [0.2, 0.25) is 0 Å². The van der Waals surface area contributed by atoms with Gasteiger partial charge < -0.3 is 14.7 Å². The van der Waals surface area contributed by atoms with Crippen molar-refractivity contribution in [2.45, 2.75) is 19.4 Å². The van der Waals surface area contributed by atoms with E-state index in [2.05, 4.69) is 19.9 Å². The van der Waals surface area contributed by atoms with Crippen molar-refractivity contribution in [3.05, 3.63) is 57.5 Å². The zero-order valence-corrected chi connectivity index (χ0v) is 11.3. The summed E-state index contributed by atoms with van der Waals surface area (Å²) in [5.41, 5.74) is 3.29. The smallest absolute Gasteiger partial charge is 0.256 e. The number of nitrogens with zero attached hydrogens (tertiary/aromatic N) is 2. The van der Waals surface area contributed by atoms with Crippen molar-refractivity contribution < 1.29 is 4.74 Å². The minimum absolute atomic E-state index is 0.106. The second-order valence-electron chi connectivity index (χ2n) is 5.12. The molecule has 1 aliphatic rings. The van der Waals surface area contributed by atoms with Gasteiger partial charge in [0.1, 0.15) is 11.6 Å². The quantitative estimate of drug-likeness (QED) is 0.742. The monoisotopic (exact) mass is 282 g/mol. The molecule has 3 heterocycles. The summed E-state index contributed by atoms with van der Waals surface area (Å²) in [5, 5.41) is 0. The summed E-state index contributed by atoms with van der Waals surface area (Å²) in [4.78, 5) is 27.2. The third kappa shape index (κ3) is 2.23. The van der Waals surface area contributed by atoms with Crippen LogP contribution in [0.4, 0.5) is 0 Å². The van der Waals surface area contributed by atoms with E-state index in [1.54, 1.807) is 0 Å². The Labute approximate surface area is 120 Å². The van der Waals surface area contributed by atoms with Crippen molar-refractivity contribution in [1.82, 2.24) is 19.9 Å². The van der Waals surface area contributed by atoms with E-state index < -0.39 is 0 Å². The molecule has 0 fully saturated rings. The molecule has 21 heavy (non-hydrogen) atoms. The van der Waals surface area contributed by atoms with Crippen molar-refractivity contribution >= 4 is 11.0 Å². The molecule has 1 aliphatic heterocycles. The number of fused-ring (bicyclic) bond motifs is 2. The second kappa shape index (κ2) is 4.82. The van der Waals surface area contributed by atoms with Crippen LogP contribution in [0.1, 0.15) is 22.9 Å². The maximum absolute atomic E-state index is 12.0. The van der Waals surface area contributed by atoms with Crippen LogP contribution in [0.5, 0.6) is 0 Å². The fourth-order valence-corrected chi connectivity index (χ4v) is 2.63. The average Bonchev–Trinajstić information content (AvgIpc) is 2.89. The van der Waals surface area contributed by atoms with Crippen LogP contribution in [0.3, 0.4) is 0 Å². The Bertz CT molecular complexity index is 832. The summed E-state index contributed by atoms with van der Waals surface area (Å²) < 4.78 is 5.30. The number of benzene rings is 1. The van der Waals surface area contributed by atoms with E-state index in [1.165, 1.54) is 0 Å². The first-order valence-corrected chi connectivity index (χ1v) is 6.92. The van der Waals surface area contributed by atoms with Crippen LogP contribution in [-0.4, -0.2) is 26.5 Å². The number of ether oxygens (including phenoxy) is 1. The van der Waals surface area contributed by atoms with Crippen molar-refractivity contribution in [2.75, 3.05) is 6.61 Å². The molecule has 0 unspecified atom stereocenters. The summed E-state index contributed by atoms with van der Waals surface area (Å²) in [6.07, 6.45) is 1.17. The number of para-hydroxylation sites is 2. The normalized spacial score (nSPS) is 14.3. The number of hydrogen-bond acceptors (Lipinski definition) is 4. The van der Waals surface area contributed by atoms with Gasteiger partial charge in [-0.2, -0.15) is 0 Å². The molecule has 4 rings (SSSR count). The fourth-order valence-electron chi connectivity index (χ4n) is 2.63.